The molecule has 1 aromatic carbocycles. The Morgan fingerprint density at radius 1 is 1.17 bits per heavy atom. The highest BCUT2D eigenvalue weighted by atomic mass is 15.3. The van der Waals surface area contributed by atoms with Gasteiger partial charge in [-0.3, -0.25) is 4.68 Å². The third kappa shape index (κ3) is 5.08. The third-order valence-corrected chi connectivity index (χ3v) is 3.80. The summed E-state index contributed by atoms with van der Waals surface area (Å²) >= 11 is 0. The van der Waals surface area contributed by atoms with Crippen molar-refractivity contribution in [3.05, 3.63) is 47.5 Å². The van der Waals surface area contributed by atoms with E-state index in [-0.39, 0.29) is 5.41 Å². The number of guanidine groups is 1. The first-order valence-electron chi connectivity index (χ1n) is 8.34. The number of rotatable bonds is 5. The molecule has 0 fully saturated rings. The molecule has 0 unspecified atom stereocenters. The SMILES string of the molecule is CCNC(=NCc1ccc(C(C)(C)C)cc1)NCc1ncnn1C. The lowest BCUT2D eigenvalue weighted by Gasteiger charge is -2.19. The molecule has 2 rings (SSSR count). The van der Waals surface area contributed by atoms with E-state index in [4.69, 9.17) is 0 Å². The van der Waals surface area contributed by atoms with Crippen molar-refractivity contribution in [3.8, 4) is 0 Å². The summed E-state index contributed by atoms with van der Waals surface area (Å²) in [6.45, 7) is 10.8. The Balaban J connectivity index is 1.98. The number of aromatic nitrogens is 3. The van der Waals surface area contributed by atoms with Crippen LogP contribution in [0.25, 0.3) is 0 Å². The van der Waals surface area contributed by atoms with Gasteiger partial charge in [-0.2, -0.15) is 5.10 Å². The van der Waals surface area contributed by atoms with E-state index in [1.54, 1.807) is 11.0 Å². The minimum absolute atomic E-state index is 0.175. The summed E-state index contributed by atoms with van der Waals surface area (Å²) in [6.07, 6.45) is 1.55. The largest absolute Gasteiger partial charge is 0.357 e. The number of aryl methyl sites for hydroxylation is 1. The topological polar surface area (TPSA) is 67.1 Å². The zero-order chi connectivity index (χ0) is 17.6. The van der Waals surface area contributed by atoms with E-state index in [0.717, 1.165) is 18.3 Å². The molecular formula is C18H28N6. The van der Waals surface area contributed by atoms with Crippen LogP contribution in [0.3, 0.4) is 0 Å². The lowest BCUT2D eigenvalue weighted by atomic mass is 9.87. The third-order valence-electron chi connectivity index (χ3n) is 3.80. The fraction of sp³-hybridized carbons (Fsp3) is 0.500. The zero-order valence-electron chi connectivity index (χ0n) is 15.3. The Bertz CT molecular complexity index is 664. The lowest BCUT2D eigenvalue weighted by molar-refractivity contribution is 0.590. The molecule has 130 valence electrons. The second kappa shape index (κ2) is 7.95. The van der Waals surface area contributed by atoms with Gasteiger partial charge in [0, 0.05) is 13.6 Å². The lowest BCUT2D eigenvalue weighted by Crippen LogP contribution is -2.37. The highest BCUT2D eigenvalue weighted by Gasteiger charge is 2.12. The van der Waals surface area contributed by atoms with Crippen LogP contribution in [0.15, 0.2) is 35.6 Å². The first-order chi connectivity index (χ1) is 11.4. The monoisotopic (exact) mass is 328 g/mol. The molecule has 0 saturated heterocycles. The Morgan fingerprint density at radius 3 is 2.42 bits per heavy atom. The van der Waals surface area contributed by atoms with Gasteiger partial charge in [-0.05, 0) is 23.5 Å². The molecule has 1 aromatic heterocycles. The molecular weight excluding hydrogens is 300 g/mol. The van der Waals surface area contributed by atoms with Crippen molar-refractivity contribution in [2.45, 2.75) is 46.2 Å². The molecule has 24 heavy (non-hydrogen) atoms. The Labute approximate surface area is 144 Å². The summed E-state index contributed by atoms with van der Waals surface area (Å²) in [5.74, 6) is 1.65. The molecule has 0 atom stereocenters. The normalized spacial score (nSPS) is 12.3. The van der Waals surface area contributed by atoms with Gasteiger partial charge in [-0.15, -0.1) is 0 Å². The van der Waals surface area contributed by atoms with Crippen LogP contribution in [0, 0.1) is 0 Å². The number of nitrogens with one attached hydrogen (secondary N) is 2. The molecule has 0 bridgehead atoms. The van der Waals surface area contributed by atoms with Crippen LogP contribution in [0.4, 0.5) is 0 Å². The first-order valence-corrected chi connectivity index (χ1v) is 8.34. The maximum absolute atomic E-state index is 4.64. The van der Waals surface area contributed by atoms with E-state index < -0.39 is 0 Å². The van der Waals surface area contributed by atoms with Crippen LogP contribution >= 0.6 is 0 Å². The van der Waals surface area contributed by atoms with E-state index in [2.05, 4.69) is 77.7 Å². The van der Waals surface area contributed by atoms with Crippen molar-refractivity contribution in [1.82, 2.24) is 25.4 Å². The van der Waals surface area contributed by atoms with Crippen LogP contribution < -0.4 is 10.6 Å². The smallest absolute Gasteiger partial charge is 0.191 e. The van der Waals surface area contributed by atoms with E-state index in [1.807, 2.05) is 7.05 Å². The standard InChI is InChI=1S/C18H28N6/c1-6-19-17(21-12-16-22-13-23-24(16)5)20-11-14-7-9-15(10-8-14)18(2,3)4/h7-10,13H,6,11-12H2,1-5H3,(H2,19,20,21). The molecule has 6 heteroatoms. The molecule has 2 aromatic rings. The molecule has 1 heterocycles. The number of benzene rings is 1. The molecule has 0 amide bonds. The number of aliphatic imine (C=N–C) groups is 1. The van der Waals surface area contributed by atoms with E-state index in [1.165, 1.54) is 11.1 Å². The maximum atomic E-state index is 4.64. The molecule has 2 N–H and O–H groups in total. The van der Waals surface area contributed by atoms with Gasteiger partial charge in [-0.1, -0.05) is 45.0 Å². The second-order valence-corrected chi connectivity index (χ2v) is 6.80. The van der Waals surface area contributed by atoms with Crippen LogP contribution in [-0.2, 0) is 25.6 Å². The molecule has 0 aliphatic rings. The summed E-state index contributed by atoms with van der Waals surface area (Å²) in [5.41, 5.74) is 2.70. The molecule has 0 aliphatic heterocycles. The van der Waals surface area contributed by atoms with Crippen molar-refractivity contribution in [3.63, 3.8) is 0 Å². The highest BCUT2D eigenvalue weighted by Crippen LogP contribution is 2.22. The fourth-order valence-electron chi connectivity index (χ4n) is 2.27. The van der Waals surface area contributed by atoms with Gasteiger partial charge in [-0.25, -0.2) is 9.98 Å². The van der Waals surface area contributed by atoms with Crippen LogP contribution in [0.1, 0.15) is 44.6 Å². The van der Waals surface area contributed by atoms with Crippen molar-refractivity contribution < 1.29 is 0 Å². The quantitative estimate of drug-likeness (QED) is 0.653. The van der Waals surface area contributed by atoms with Crippen molar-refractivity contribution in [2.24, 2.45) is 12.0 Å². The predicted molar refractivity (Wildman–Crippen MR) is 97.8 cm³/mol. The van der Waals surface area contributed by atoms with Crippen LogP contribution in [0.2, 0.25) is 0 Å². The van der Waals surface area contributed by atoms with Gasteiger partial charge in [0.1, 0.15) is 12.2 Å². The zero-order valence-corrected chi connectivity index (χ0v) is 15.3. The predicted octanol–water partition coefficient (Wildman–Crippen LogP) is 2.37. The average Bonchev–Trinajstić information content (AvgIpc) is 2.95. The summed E-state index contributed by atoms with van der Waals surface area (Å²) in [7, 11) is 1.88. The van der Waals surface area contributed by atoms with Crippen LogP contribution in [0.5, 0.6) is 0 Å². The van der Waals surface area contributed by atoms with Crippen molar-refractivity contribution >= 4 is 5.96 Å². The Morgan fingerprint density at radius 2 is 1.88 bits per heavy atom. The first kappa shape index (κ1) is 18.0. The minimum atomic E-state index is 0.175. The number of nitrogens with zero attached hydrogens (tertiary/aromatic N) is 4. The minimum Gasteiger partial charge on any atom is -0.357 e. The van der Waals surface area contributed by atoms with Gasteiger partial charge in [0.25, 0.3) is 0 Å². The van der Waals surface area contributed by atoms with Gasteiger partial charge in [0.2, 0.25) is 0 Å². The maximum Gasteiger partial charge on any atom is 0.191 e. The molecule has 6 nitrogen and oxygen atoms in total. The van der Waals surface area contributed by atoms with Gasteiger partial charge in [0.05, 0.1) is 13.1 Å². The summed E-state index contributed by atoms with van der Waals surface area (Å²) in [5, 5.41) is 10.6. The highest BCUT2D eigenvalue weighted by molar-refractivity contribution is 5.79. The number of hydrogen-bond donors (Lipinski definition) is 2. The Hall–Kier alpha value is -2.37. The molecule has 0 saturated carbocycles. The molecule has 0 radical (unpaired) electrons. The van der Waals surface area contributed by atoms with Gasteiger partial charge >= 0.3 is 0 Å². The fourth-order valence-corrected chi connectivity index (χ4v) is 2.27. The second-order valence-electron chi connectivity index (χ2n) is 6.80. The van der Waals surface area contributed by atoms with E-state index >= 15 is 0 Å². The van der Waals surface area contributed by atoms with Gasteiger partial charge in [0.15, 0.2) is 5.96 Å². The summed E-state index contributed by atoms with van der Waals surface area (Å²) < 4.78 is 1.75. The van der Waals surface area contributed by atoms with Gasteiger partial charge < -0.3 is 10.6 Å². The molecule has 0 spiro atoms. The summed E-state index contributed by atoms with van der Waals surface area (Å²) in [6, 6.07) is 8.67. The average molecular weight is 328 g/mol. The van der Waals surface area contributed by atoms with E-state index in [0.29, 0.717) is 13.1 Å². The van der Waals surface area contributed by atoms with Crippen LogP contribution in [-0.4, -0.2) is 27.3 Å². The Kier molecular flexibility index (Phi) is 5.95. The van der Waals surface area contributed by atoms with Crippen molar-refractivity contribution in [2.75, 3.05) is 6.54 Å². The van der Waals surface area contributed by atoms with Crippen molar-refractivity contribution in [1.29, 1.82) is 0 Å². The van der Waals surface area contributed by atoms with E-state index in [9.17, 15) is 0 Å². The molecule has 0 aliphatic carbocycles. The number of hydrogen-bond acceptors (Lipinski definition) is 3. The summed E-state index contributed by atoms with van der Waals surface area (Å²) in [4.78, 5) is 8.85.